The van der Waals surface area contributed by atoms with Crippen LogP contribution in [0, 0.1) is 11.8 Å². The van der Waals surface area contributed by atoms with E-state index >= 15 is 0 Å². The minimum Gasteiger partial charge on any atom is -0.388 e. The lowest BCUT2D eigenvalue weighted by Crippen LogP contribution is -2.39. The van der Waals surface area contributed by atoms with Gasteiger partial charge in [-0.1, -0.05) is 37.6 Å². The summed E-state index contributed by atoms with van der Waals surface area (Å²) in [5.74, 6) is 1.54. The summed E-state index contributed by atoms with van der Waals surface area (Å²) in [6.45, 7) is 7.91. The Kier molecular flexibility index (Phi) is 5.26. The van der Waals surface area contributed by atoms with Gasteiger partial charge in [0, 0.05) is 24.7 Å². The first-order chi connectivity index (χ1) is 9.04. The molecule has 0 saturated carbocycles. The largest absolute Gasteiger partial charge is 0.388 e. The number of halogens is 1. The summed E-state index contributed by atoms with van der Waals surface area (Å²) in [6.07, 6.45) is 1.69. The molecule has 0 aliphatic carbocycles. The van der Waals surface area contributed by atoms with Crippen LogP contribution in [0.1, 0.15) is 38.4 Å². The minimum absolute atomic E-state index is 0.411. The van der Waals surface area contributed by atoms with Gasteiger partial charge in [-0.2, -0.15) is 0 Å². The number of rotatable bonds is 4. The molecule has 1 saturated heterocycles. The third-order valence-electron chi connectivity index (χ3n) is 3.90. The topological polar surface area (TPSA) is 23.5 Å². The molecule has 2 rings (SSSR count). The highest BCUT2D eigenvalue weighted by atomic mass is 35.5. The van der Waals surface area contributed by atoms with Gasteiger partial charge in [-0.15, -0.1) is 0 Å². The molecule has 1 aromatic rings. The Hall–Kier alpha value is -0.570. The zero-order valence-corrected chi connectivity index (χ0v) is 12.6. The molecule has 1 aliphatic rings. The summed E-state index contributed by atoms with van der Waals surface area (Å²) in [6, 6.07) is 7.53. The van der Waals surface area contributed by atoms with E-state index in [0.29, 0.717) is 5.02 Å². The summed E-state index contributed by atoms with van der Waals surface area (Å²) in [5, 5.41) is 10.9. The number of hydrogen-bond donors (Lipinski definition) is 1. The predicted molar refractivity (Wildman–Crippen MR) is 80.4 cm³/mol. The molecular weight excluding hydrogens is 258 g/mol. The average Bonchev–Trinajstić information content (AvgIpc) is 2.35. The van der Waals surface area contributed by atoms with Crippen molar-refractivity contribution in [3.05, 3.63) is 34.9 Å². The highest BCUT2D eigenvalue weighted by molar-refractivity contribution is 6.30. The predicted octanol–water partition coefficient (Wildman–Crippen LogP) is 3.74. The molecule has 0 bridgehead atoms. The number of hydrogen-bond acceptors (Lipinski definition) is 2. The molecule has 3 heteroatoms. The zero-order valence-electron chi connectivity index (χ0n) is 11.8. The summed E-state index contributed by atoms with van der Waals surface area (Å²) in [7, 11) is 0. The lowest BCUT2D eigenvalue weighted by atomic mass is 9.91. The van der Waals surface area contributed by atoms with Gasteiger partial charge in [0.25, 0.3) is 0 Å². The number of piperidine rings is 1. The van der Waals surface area contributed by atoms with Gasteiger partial charge in [-0.25, -0.2) is 0 Å². The van der Waals surface area contributed by atoms with Crippen LogP contribution in [0.5, 0.6) is 0 Å². The molecule has 0 spiro atoms. The molecule has 1 aliphatic heterocycles. The Morgan fingerprint density at radius 1 is 1.32 bits per heavy atom. The van der Waals surface area contributed by atoms with Gasteiger partial charge in [-0.3, -0.25) is 0 Å². The number of aliphatic hydroxyl groups is 1. The van der Waals surface area contributed by atoms with Crippen LogP contribution in [0.15, 0.2) is 24.3 Å². The van der Waals surface area contributed by atoms with Crippen molar-refractivity contribution in [2.24, 2.45) is 11.8 Å². The molecule has 1 N–H and O–H groups in total. The third-order valence-corrected chi connectivity index (χ3v) is 4.13. The van der Waals surface area contributed by atoms with E-state index < -0.39 is 6.10 Å². The van der Waals surface area contributed by atoms with Crippen LogP contribution >= 0.6 is 11.6 Å². The number of likely N-dealkylation sites (tertiary alicyclic amines) is 1. The van der Waals surface area contributed by atoms with Crippen molar-refractivity contribution < 1.29 is 5.11 Å². The van der Waals surface area contributed by atoms with Crippen LogP contribution in [-0.2, 0) is 0 Å². The molecule has 3 unspecified atom stereocenters. The van der Waals surface area contributed by atoms with Crippen molar-refractivity contribution in [2.75, 3.05) is 19.6 Å². The van der Waals surface area contributed by atoms with Gasteiger partial charge in [0.2, 0.25) is 0 Å². The van der Waals surface area contributed by atoms with Gasteiger partial charge < -0.3 is 10.0 Å². The quantitative estimate of drug-likeness (QED) is 0.909. The smallest absolute Gasteiger partial charge is 0.0802 e. The molecular formula is C16H24ClNO. The first-order valence-corrected chi connectivity index (χ1v) is 7.58. The minimum atomic E-state index is -0.411. The Balaban J connectivity index is 1.84. The lowest BCUT2D eigenvalue weighted by molar-refractivity contribution is 0.103. The summed E-state index contributed by atoms with van der Waals surface area (Å²) >= 11 is 5.95. The molecule has 0 radical (unpaired) electrons. The lowest BCUT2D eigenvalue weighted by Gasteiger charge is -2.35. The fourth-order valence-electron chi connectivity index (χ4n) is 3.16. The zero-order chi connectivity index (χ0) is 13.8. The maximum atomic E-state index is 10.2. The molecule has 1 fully saturated rings. The molecule has 0 aromatic heterocycles. The number of aliphatic hydroxyl groups excluding tert-OH is 1. The van der Waals surface area contributed by atoms with Crippen molar-refractivity contribution in [3.8, 4) is 0 Å². The van der Waals surface area contributed by atoms with Crippen molar-refractivity contribution in [2.45, 2.75) is 32.8 Å². The van der Waals surface area contributed by atoms with Gasteiger partial charge >= 0.3 is 0 Å². The van der Waals surface area contributed by atoms with E-state index in [2.05, 4.69) is 18.7 Å². The SMILES string of the molecule is CC1CC(C)CN(CCC(O)c2cccc(Cl)c2)C1. The van der Waals surface area contributed by atoms with E-state index in [1.54, 1.807) is 0 Å². The molecule has 0 amide bonds. The fourth-order valence-corrected chi connectivity index (χ4v) is 3.36. The van der Waals surface area contributed by atoms with E-state index in [1.807, 2.05) is 24.3 Å². The molecule has 19 heavy (non-hydrogen) atoms. The van der Waals surface area contributed by atoms with Crippen LogP contribution in [0.4, 0.5) is 0 Å². The van der Waals surface area contributed by atoms with Crippen molar-refractivity contribution >= 4 is 11.6 Å². The summed E-state index contributed by atoms with van der Waals surface area (Å²) in [4.78, 5) is 2.48. The first-order valence-electron chi connectivity index (χ1n) is 7.20. The molecule has 1 heterocycles. The molecule has 2 nitrogen and oxygen atoms in total. The monoisotopic (exact) mass is 281 g/mol. The maximum absolute atomic E-state index is 10.2. The highest BCUT2D eigenvalue weighted by Crippen LogP contribution is 2.24. The highest BCUT2D eigenvalue weighted by Gasteiger charge is 2.22. The maximum Gasteiger partial charge on any atom is 0.0802 e. The van der Waals surface area contributed by atoms with E-state index in [0.717, 1.165) is 43.5 Å². The second-order valence-corrected chi connectivity index (χ2v) is 6.50. The van der Waals surface area contributed by atoms with Crippen LogP contribution in [0.3, 0.4) is 0 Å². The van der Waals surface area contributed by atoms with Crippen molar-refractivity contribution in [1.82, 2.24) is 4.90 Å². The van der Waals surface area contributed by atoms with Crippen LogP contribution in [-0.4, -0.2) is 29.6 Å². The van der Waals surface area contributed by atoms with Crippen LogP contribution < -0.4 is 0 Å². The van der Waals surface area contributed by atoms with E-state index in [4.69, 9.17) is 11.6 Å². The van der Waals surface area contributed by atoms with Crippen LogP contribution in [0.2, 0.25) is 5.02 Å². The molecule has 3 atom stereocenters. The Morgan fingerprint density at radius 3 is 2.63 bits per heavy atom. The Bertz CT molecular complexity index is 399. The van der Waals surface area contributed by atoms with Crippen molar-refractivity contribution in [1.29, 1.82) is 0 Å². The Labute approximate surface area is 121 Å². The van der Waals surface area contributed by atoms with Crippen molar-refractivity contribution in [3.63, 3.8) is 0 Å². The number of benzene rings is 1. The first kappa shape index (κ1) is 14.8. The van der Waals surface area contributed by atoms with Gasteiger partial charge in [0.15, 0.2) is 0 Å². The fraction of sp³-hybridized carbons (Fsp3) is 0.625. The number of nitrogens with zero attached hydrogens (tertiary/aromatic N) is 1. The van der Waals surface area contributed by atoms with E-state index in [9.17, 15) is 5.11 Å². The van der Waals surface area contributed by atoms with Gasteiger partial charge in [0.05, 0.1) is 6.10 Å². The summed E-state index contributed by atoms with van der Waals surface area (Å²) in [5.41, 5.74) is 0.922. The van der Waals surface area contributed by atoms with E-state index in [1.165, 1.54) is 6.42 Å². The Morgan fingerprint density at radius 2 is 2.00 bits per heavy atom. The van der Waals surface area contributed by atoms with Gasteiger partial charge in [0.1, 0.15) is 0 Å². The van der Waals surface area contributed by atoms with Crippen LogP contribution in [0.25, 0.3) is 0 Å². The standard InChI is InChI=1S/C16H24ClNO/c1-12-8-13(2)11-18(10-12)7-6-16(19)14-4-3-5-15(17)9-14/h3-5,9,12-13,16,19H,6-8,10-11H2,1-2H3. The molecule has 1 aromatic carbocycles. The molecule has 106 valence electrons. The third kappa shape index (κ3) is 4.48. The normalized spacial score (nSPS) is 26.3. The van der Waals surface area contributed by atoms with E-state index in [-0.39, 0.29) is 0 Å². The van der Waals surface area contributed by atoms with Gasteiger partial charge in [-0.05, 0) is 42.4 Å². The summed E-state index contributed by atoms with van der Waals surface area (Å²) < 4.78 is 0. The second kappa shape index (κ2) is 6.74. The second-order valence-electron chi connectivity index (χ2n) is 6.07. The average molecular weight is 282 g/mol.